The maximum atomic E-state index is 6.07. The van der Waals surface area contributed by atoms with Crippen molar-refractivity contribution in [2.75, 3.05) is 26.8 Å². The van der Waals surface area contributed by atoms with Crippen LogP contribution in [0.15, 0.2) is 35.2 Å². The van der Waals surface area contributed by atoms with Gasteiger partial charge in [0, 0.05) is 45.4 Å². The van der Waals surface area contributed by atoms with E-state index in [4.69, 9.17) is 18.7 Å². The number of methoxy groups -OCH3 is 1. The van der Waals surface area contributed by atoms with Crippen LogP contribution in [0.2, 0.25) is 0 Å². The van der Waals surface area contributed by atoms with Gasteiger partial charge in [-0.2, -0.15) is 4.98 Å². The Hall–Kier alpha value is -2.88. The number of nitrogens with zero attached hydrogens (tertiary/aromatic N) is 5. The quantitative estimate of drug-likeness (QED) is 0.523. The van der Waals surface area contributed by atoms with E-state index in [0.717, 1.165) is 35.7 Å². The molecule has 0 amide bonds. The summed E-state index contributed by atoms with van der Waals surface area (Å²) >= 11 is 0. The largest absolute Gasteiger partial charge is 0.491 e. The third kappa shape index (κ3) is 5.29. The second-order valence-electron chi connectivity index (χ2n) is 8.09. The van der Waals surface area contributed by atoms with Gasteiger partial charge >= 0.3 is 0 Å². The van der Waals surface area contributed by atoms with Crippen LogP contribution in [0.25, 0.3) is 11.4 Å². The van der Waals surface area contributed by atoms with Crippen LogP contribution in [0.3, 0.4) is 0 Å². The van der Waals surface area contributed by atoms with Crippen molar-refractivity contribution < 1.29 is 18.7 Å². The van der Waals surface area contributed by atoms with Gasteiger partial charge in [-0.3, -0.25) is 4.90 Å². The summed E-state index contributed by atoms with van der Waals surface area (Å²) in [6.07, 6.45) is 3.14. The van der Waals surface area contributed by atoms with Crippen LogP contribution in [0.4, 0.5) is 0 Å². The average molecular weight is 440 g/mol. The summed E-state index contributed by atoms with van der Waals surface area (Å²) in [6, 6.07) is 6.30. The summed E-state index contributed by atoms with van der Waals surface area (Å²) < 4.78 is 22.5. The fraction of sp³-hybridized carbons (Fsp3) is 0.478. The fourth-order valence-electron chi connectivity index (χ4n) is 3.81. The molecule has 1 fully saturated rings. The normalized spacial score (nSPS) is 17.1. The lowest BCUT2D eigenvalue weighted by molar-refractivity contribution is -0.0347. The molecule has 0 radical (unpaired) electrons. The number of aryl methyl sites for hydroxylation is 1. The summed E-state index contributed by atoms with van der Waals surface area (Å²) in [7, 11) is 1.70. The minimum Gasteiger partial charge on any atom is -0.491 e. The van der Waals surface area contributed by atoms with Crippen molar-refractivity contribution in [2.45, 2.75) is 46.1 Å². The van der Waals surface area contributed by atoms with Gasteiger partial charge in [0.15, 0.2) is 0 Å². The van der Waals surface area contributed by atoms with Gasteiger partial charge in [0.1, 0.15) is 18.2 Å². The molecule has 0 unspecified atom stereocenters. The molecule has 4 rings (SSSR count). The number of hydrogen-bond donors (Lipinski definition) is 0. The van der Waals surface area contributed by atoms with E-state index < -0.39 is 0 Å². The average Bonchev–Trinajstić information content (AvgIpc) is 3.22. The molecule has 0 bridgehead atoms. The second-order valence-corrected chi connectivity index (χ2v) is 8.09. The Morgan fingerprint density at radius 1 is 1.28 bits per heavy atom. The van der Waals surface area contributed by atoms with Crippen LogP contribution in [0, 0.1) is 6.92 Å². The molecule has 1 aliphatic rings. The molecule has 32 heavy (non-hydrogen) atoms. The highest BCUT2D eigenvalue weighted by Gasteiger charge is 2.27. The molecule has 9 nitrogen and oxygen atoms in total. The monoisotopic (exact) mass is 439 g/mol. The molecule has 3 aromatic rings. The van der Waals surface area contributed by atoms with E-state index in [1.54, 1.807) is 20.2 Å². The molecular formula is C23H29N5O4. The molecule has 1 aliphatic heterocycles. The highest BCUT2D eigenvalue weighted by Crippen LogP contribution is 2.29. The summed E-state index contributed by atoms with van der Waals surface area (Å²) in [5.41, 5.74) is 3.75. The Balaban J connectivity index is 1.50. The fourth-order valence-corrected chi connectivity index (χ4v) is 3.81. The maximum absolute atomic E-state index is 6.07. The van der Waals surface area contributed by atoms with Gasteiger partial charge in [-0.25, -0.2) is 9.97 Å². The van der Waals surface area contributed by atoms with Gasteiger partial charge in [-0.05, 0) is 31.5 Å². The van der Waals surface area contributed by atoms with Crippen LogP contribution in [0.1, 0.15) is 42.7 Å². The van der Waals surface area contributed by atoms with Crippen molar-refractivity contribution in [3.8, 4) is 17.1 Å². The van der Waals surface area contributed by atoms with Crippen molar-refractivity contribution in [3.05, 3.63) is 53.4 Å². The summed E-state index contributed by atoms with van der Waals surface area (Å²) in [5.74, 6) is 1.84. The van der Waals surface area contributed by atoms with Crippen molar-refractivity contribution in [3.63, 3.8) is 0 Å². The Kier molecular flexibility index (Phi) is 7.09. The zero-order valence-corrected chi connectivity index (χ0v) is 18.9. The van der Waals surface area contributed by atoms with Crippen LogP contribution < -0.4 is 4.74 Å². The Morgan fingerprint density at radius 2 is 2.16 bits per heavy atom. The lowest BCUT2D eigenvalue weighted by Crippen LogP contribution is -2.38. The molecular weight excluding hydrogens is 410 g/mol. The molecule has 2 aromatic heterocycles. The number of morpholine rings is 1. The lowest BCUT2D eigenvalue weighted by atomic mass is 10.1. The van der Waals surface area contributed by atoms with Crippen LogP contribution in [0.5, 0.6) is 5.75 Å². The van der Waals surface area contributed by atoms with E-state index >= 15 is 0 Å². The third-order valence-corrected chi connectivity index (χ3v) is 5.16. The minimum atomic E-state index is -0.206. The van der Waals surface area contributed by atoms with E-state index in [2.05, 4.69) is 37.1 Å². The van der Waals surface area contributed by atoms with Crippen molar-refractivity contribution in [2.24, 2.45) is 0 Å². The predicted molar refractivity (Wildman–Crippen MR) is 117 cm³/mol. The first-order valence-electron chi connectivity index (χ1n) is 10.8. The van der Waals surface area contributed by atoms with E-state index in [9.17, 15) is 0 Å². The van der Waals surface area contributed by atoms with E-state index in [-0.39, 0.29) is 12.2 Å². The zero-order chi connectivity index (χ0) is 22.5. The molecule has 0 aliphatic carbocycles. The number of benzene rings is 1. The predicted octanol–water partition coefficient (Wildman–Crippen LogP) is 3.34. The van der Waals surface area contributed by atoms with Gasteiger partial charge in [0.2, 0.25) is 11.7 Å². The van der Waals surface area contributed by atoms with Gasteiger partial charge in [0.05, 0.1) is 30.6 Å². The van der Waals surface area contributed by atoms with Gasteiger partial charge < -0.3 is 18.7 Å². The van der Waals surface area contributed by atoms with Gasteiger partial charge in [-0.1, -0.05) is 11.2 Å². The molecule has 170 valence electrons. The first kappa shape index (κ1) is 22.3. The standard InChI is InChI=1S/C23H29N5O4/c1-15(2)31-20-6-5-17(9-18(20)13-29-4)11-28-7-8-30-21(12-28)22-19(10-24-14-25-22)23-26-16(3)32-27-23/h5-6,9-10,14-15,21H,7-8,11-13H2,1-4H3/t21-/m0/s1. The first-order valence-corrected chi connectivity index (χ1v) is 10.8. The van der Waals surface area contributed by atoms with E-state index in [1.165, 1.54) is 11.9 Å². The highest BCUT2D eigenvalue weighted by molar-refractivity contribution is 5.56. The number of ether oxygens (including phenoxy) is 3. The molecule has 3 heterocycles. The molecule has 0 saturated carbocycles. The number of rotatable bonds is 8. The maximum Gasteiger partial charge on any atom is 0.223 e. The zero-order valence-electron chi connectivity index (χ0n) is 18.9. The second kappa shape index (κ2) is 10.2. The molecule has 0 N–H and O–H groups in total. The summed E-state index contributed by atoms with van der Waals surface area (Å²) in [6.45, 7) is 9.25. The summed E-state index contributed by atoms with van der Waals surface area (Å²) in [4.78, 5) is 15.3. The summed E-state index contributed by atoms with van der Waals surface area (Å²) in [5, 5.41) is 4.03. The Morgan fingerprint density at radius 3 is 2.91 bits per heavy atom. The molecule has 1 saturated heterocycles. The third-order valence-electron chi connectivity index (χ3n) is 5.16. The molecule has 9 heteroatoms. The molecule has 1 atom stereocenters. The SMILES string of the molecule is COCc1cc(CN2CCO[C@H](c3ncncc3-c3noc(C)n3)C2)ccc1OC(C)C. The van der Waals surface area contributed by atoms with Crippen LogP contribution in [-0.4, -0.2) is 57.9 Å². The first-order chi connectivity index (χ1) is 15.5. The smallest absolute Gasteiger partial charge is 0.223 e. The lowest BCUT2D eigenvalue weighted by Gasteiger charge is -2.33. The Bertz CT molecular complexity index is 1040. The van der Waals surface area contributed by atoms with Gasteiger partial charge in [-0.15, -0.1) is 0 Å². The Labute approximate surface area is 187 Å². The number of hydrogen-bond acceptors (Lipinski definition) is 9. The van der Waals surface area contributed by atoms with E-state index in [0.29, 0.717) is 31.5 Å². The van der Waals surface area contributed by atoms with Crippen molar-refractivity contribution in [1.29, 1.82) is 0 Å². The van der Waals surface area contributed by atoms with Crippen molar-refractivity contribution >= 4 is 0 Å². The van der Waals surface area contributed by atoms with E-state index in [1.807, 2.05) is 19.9 Å². The molecule has 0 spiro atoms. The highest BCUT2D eigenvalue weighted by atomic mass is 16.5. The minimum absolute atomic E-state index is 0.113. The van der Waals surface area contributed by atoms with Crippen LogP contribution in [-0.2, 0) is 22.6 Å². The number of aromatic nitrogens is 4. The molecule has 1 aromatic carbocycles. The van der Waals surface area contributed by atoms with Gasteiger partial charge in [0.25, 0.3) is 0 Å². The van der Waals surface area contributed by atoms with Crippen LogP contribution >= 0.6 is 0 Å². The topological polar surface area (TPSA) is 95.6 Å². The van der Waals surface area contributed by atoms with Crippen molar-refractivity contribution in [1.82, 2.24) is 25.0 Å².